The van der Waals surface area contributed by atoms with Gasteiger partial charge in [0.2, 0.25) is 0 Å². The van der Waals surface area contributed by atoms with Gasteiger partial charge in [-0.2, -0.15) is 23.5 Å². The van der Waals surface area contributed by atoms with E-state index in [1.165, 1.54) is 5.69 Å². The monoisotopic (exact) mass is 546 g/mol. The number of hydrogen-bond acceptors (Lipinski definition) is 9. The summed E-state index contributed by atoms with van der Waals surface area (Å²) in [5.41, 5.74) is 3.26. The largest absolute Gasteiger partial charge is 0.489 e. The molecule has 9 heteroatoms. The molecule has 0 N–H and O–H groups in total. The molecule has 194 valence electrons. The standard InChI is InChI=1S/C27H34N2O4S3/c1-29(2)22-6-3-21(4-7-22)5-8-27-28-23-19-24-25(20-26(23)36-27)33-14-18-35-16-12-31-10-9-30-11-15-34-17-13-32-24/h3-8,19-20H,9-18H2,1-2H3/b8-5+. The molecule has 0 saturated carbocycles. The third kappa shape index (κ3) is 8.59. The van der Waals surface area contributed by atoms with Crippen LogP contribution in [-0.4, -0.2) is 81.7 Å². The number of hydrogen-bond donors (Lipinski definition) is 0. The van der Waals surface area contributed by atoms with E-state index in [9.17, 15) is 0 Å². The highest BCUT2D eigenvalue weighted by molar-refractivity contribution is 7.99. The van der Waals surface area contributed by atoms with Gasteiger partial charge in [0.15, 0.2) is 11.5 Å². The fraction of sp³-hybridized carbons (Fsp3) is 0.444. The number of thiazole rings is 1. The number of rotatable bonds is 3. The van der Waals surface area contributed by atoms with Crippen LogP contribution < -0.4 is 14.4 Å². The zero-order valence-corrected chi connectivity index (χ0v) is 23.4. The summed E-state index contributed by atoms with van der Waals surface area (Å²) in [5.74, 6) is 5.23. The van der Waals surface area contributed by atoms with Crippen LogP contribution in [0.3, 0.4) is 0 Å². The Labute approximate surface area is 226 Å². The van der Waals surface area contributed by atoms with Crippen LogP contribution >= 0.6 is 34.9 Å². The van der Waals surface area contributed by atoms with Gasteiger partial charge in [0.05, 0.1) is 49.9 Å². The maximum atomic E-state index is 6.15. The van der Waals surface area contributed by atoms with Gasteiger partial charge in [0, 0.05) is 54.9 Å². The SMILES string of the molecule is CN(C)c1ccc(/C=C/c2nc3cc4c(cc3s2)OCCSCCOCCOCCSCCO4)cc1. The minimum absolute atomic E-state index is 0.615. The van der Waals surface area contributed by atoms with E-state index in [4.69, 9.17) is 23.9 Å². The minimum Gasteiger partial charge on any atom is -0.489 e. The van der Waals surface area contributed by atoms with Crippen LogP contribution in [0.15, 0.2) is 36.4 Å². The first-order valence-electron chi connectivity index (χ1n) is 12.2. The van der Waals surface area contributed by atoms with E-state index in [1.54, 1.807) is 11.3 Å². The van der Waals surface area contributed by atoms with Gasteiger partial charge >= 0.3 is 0 Å². The molecular formula is C27H34N2O4S3. The molecule has 0 atom stereocenters. The van der Waals surface area contributed by atoms with Crippen molar-refractivity contribution in [3.05, 3.63) is 47.0 Å². The first-order chi connectivity index (χ1) is 17.7. The maximum absolute atomic E-state index is 6.15. The van der Waals surface area contributed by atoms with Gasteiger partial charge in [-0.15, -0.1) is 11.3 Å². The van der Waals surface area contributed by atoms with Gasteiger partial charge in [0.1, 0.15) is 5.01 Å². The lowest BCUT2D eigenvalue weighted by Crippen LogP contribution is -2.10. The second kappa shape index (κ2) is 14.7. The second-order valence-corrected chi connectivity index (χ2v) is 11.8. The highest BCUT2D eigenvalue weighted by Gasteiger charge is 2.12. The smallest absolute Gasteiger partial charge is 0.163 e. The lowest BCUT2D eigenvalue weighted by atomic mass is 10.2. The highest BCUT2D eigenvalue weighted by atomic mass is 32.2. The van der Waals surface area contributed by atoms with Gasteiger partial charge in [-0.25, -0.2) is 4.98 Å². The van der Waals surface area contributed by atoms with Gasteiger partial charge in [0.25, 0.3) is 0 Å². The van der Waals surface area contributed by atoms with Crippen LogP contribution in [0.4, 0.5) is 5.69 Å². The lowest BCUT2D eigenvalue weighted by Gasteiger charge is -2.13. The number of ether oxygens (including phenoxy) is 4. The van der Waals surface area contributed by atoms with Crippen molar-refractivity contribution < 1.29 is 18.9 Å². The molecule has 2 aromatic carbocycles. The molecule has 2 heterocycles. The van der Waals surface area contributed by atoms with E-state index in [1.807, 2.05) is 43.7 Å². The van der Waals surface area contributed by atoms with Gasteiger partial charge in [-0.1, -0.05) is 18.2 Å². The fourth-order valence-electron chi connectivity index (χ4n) is 3.48. The Hall–Kier alpha value is -1.91. The molecule has 4 rings (SSSR count). The van der Waals surface area contributed by atoms with E-state index in [-0.39, 0.29) is 0 Å². The molecule has 6 nitrogen and oxygen atoms in total. The summed E-state index contributed by atoms with van der Waals surface area (Å²) in [6.07, 6.45) is 4.17. The van der Waals surface area contributed by atoms with Crippen molar-refractivity contribution in [2.75, 3.05) is 81.6 Å². The number of fused-ring (bicyclic) bond motifs is 2. The van der Waals surface area contributed by atoms with Crippen LogP contribution in [-0.2, 0) is 9.47 Å². The molecule has 36 heavy (non-hydrogen) atoms. The van der Waals surface area contributed by atoms with E-state index in [2.05, 4.69) is 47.4 Å². The van der Waals surface area contributed by atoms with Crippen molar-refractivity contribution in [3.8, 4) is 11.5 Å². The highest BCUT2D eigenvalue weighted by Crippen LogP contribution is 2.36. The predicted molar refractivity (Wildman–Crippen MR) is 157 cm³/mol. The van der Waals surface area contributed by atoms with Crippen molar-refractivity contribution in [1.82, 2.24) is 4.98 Å². The predicted octanol–water partition coefficient (Wildman–Crippen LogP) is 5.80. The van der Waals surface area contributed by atoms with Gasteiger partial charge in [-0.3, -0.25) is 0 Å². The number of nitrogens with zero attached hydrogens (tertiary/aromatic N) is 2. The number of anilines is 1. The van der Waals surface area contributed by atoms with Crippen LogP contribution in [0.25, 0.3) is 22.4 Å². The molecule has 0 saturated heterocycles. The average Bonchev–Trinajstić information content (AvgIpc) is 3.28. The number of benzene rings is 2. The molecule has 3 aromatic rings. The summed E-state index contributed by atoms with van der Waals surface area (Å²) in [5, 5.41) is 0.960. The topological polar surface area (TPSA) is 53.1 Å². The van der Waals surface area contributed by atoms with Crippen LogP contribution in [0.1, 0.15) is 10.6 Å². The van der Waals surface area contributed by atoms with Crippen molar-refractivity contribution in [2.24, 2.45) is 0 Å². The Morgan fingerprint density at radius 2 is 1.36 bits per heavy atom. The zero-order valence-electron chi connectivity index (χ0n) is 20.9. The molecule has 0 fully saturated rings. The second-order valence-electron chi connectivity index (χ2n) is 8.28. The van der Waals surface area contributed by atoms with E-state index in [0.717, 1.165) is 68.5 Å². The Morgan fingerprint density at radius 3 is 2.00 bits per heavy atom. The minimum atomic E-state index is 0.615. The van der Waals surface area contributed by atoms with Crippen LogP contribution in [0.2, 0.25) is 0 Å². The van der Waals surface area contributed by atoms with E-state index >= 15 is 0 Å². The number of aromatic nitrogens is 1. The van der Waals surface area contributed by atoms with Crippen molar-refractivity contribution >= 4 is 62.9 Å². The average molecular weight is 547 g/mol. The molecule has 1 aromatic heterocycles. The molecule has 0 amide bonds. The lowest BCUT2D eigenvalue weighted by molar-refractivity contribution is 0.0605. The summed E-state index contributed by atoms with van der Waals surface area (Å²) >= 11 is 5.31. The summed E-state index contributed by atoms with van der Waals surface area (Å²) in [4.78, 5) is 6.93. The third-order valence-electron chi connectivity index (χ3n) is 5.38. The maximum Gasteiger partial charge on any atom is 0.163 e. The molecule has 0 bridgehead atoms. The molecule has 1 aliphatic rings. The molecule has 0 aliphatic carbocycles. The Kier molecular flexibility index (Phi) is 11.1. The van der Waals surface area contributed by atoms with Crippen molar-refractivity contribution in [2.45, 2.75) is 0 Å². The quantitative estimate of drug-likeness (QED) is 0.408. The van der Waals surface area contributed by atoms with Crippen LogP contribution in [0.5, 0.6) is 11.5 Å². The Bertz CT molecular complexity index is 1050. The first kappa shape index (κ1) is 27.1. The van der Waals surface area contributed by atoms with Crippen molar-refractivity contribution in [1.29, 1.82) is 0 Å². The normalized spacial score (nSPS) is 17.1. The molecule has 1 aliphatic heterocycles. The molecule has 0 unspecified atom stereocenters. The van der Waals surface area contributed by atoms with Crippen molar-refractivity contribution in [3.63, 3.8) is 0 Å². The number of thioether (sulfide) groups is 2. The van der Waals surface area contributed by atoms with E-state index < -0.39 is 0 Å². The molecular weight excluding hydrogens is 513 g/mol. The fourth-order valence-corrected chi connectivity index (χ4v) is 5.65. The third-order valence-corrected chi connectivity index (χ3v) is 8.19. The Balaban J connectivity index is 1.45. The Morgan fingerprint density at radius 1 is 0.750 bits per heavy atom. The van der Waals surface area contributed by atoms with Gasteiger partial charge in [-0.05, 0) is 23.8 Å². The summed E-state index contributed by atoms with van der Waals surface area (Å²) in [6.45, 7) is 4.02. The van der Waals surface area contributed by atoms with Gasteiger partial charge < -0.3 is 23.8 Å². The summed E-state index contributed by atoms with van der Waals surface area (Å²) in [6, 6.07) is 12.6. The zero-order chi connectivity index (χ0) is 25.0. The summed E-state index contributed by atoms with van der Waals surface area (Å²) < 4.78 is 24.6. The molecule has 0 spiro atoms. The van der Waals surface area contributed by atoms with Crippen LogP contribution in [0, 0.1) is 0 Å². The molecule has 0 radical (unpaired) electrons. The van der Waals surface area contributed by atoms with E-state index in [0.29, 0.717) is 26.4 Å². The summed E-state index contributed by atoms with van der Waals surface area (Å²) in [7, 11) is 4.09. The first-order valence-corrected chi connectivity index (χ1v) is 15.3.